The van der Waals surface area contributed by atoms with Crippen molar-refractivity contribution in [1.29, 1.82) is 0 Å². The van der Waals surface area contributed by atoms with E-state index in [0.717, 1.165) is 42.5 Å². The van der Waals surface area contributed by atoms with Gasteiger partial charge in [-0.05, 0) is 75.8 Å². The minimum atomic E-state index is -0.709. The Labute approximate surface area is 203 Å². The molecule has 8 nitrogen and oxygen atoms in total. The smallest absolute Gasteiger partial charge is 0.270 e. The minimum absolute atomic E-state index is 0.0687. The van der Waals surface area contributed by atoms with Crippen molar-refractivity contribution in [1.82, 2.24) is 25.1 Å². The van der Waals surface area contributed by atoms with Crippen LogP contribution in [-0.4, -0.2) is 37.6 Å². The van der Waals surface area contributed by atoms with Crippen LogP contribution in [0, 0.1) is 37.4 Å². The molecule has 0 aliphatic heterocycles. The molecule has 2 fully saturated rings. The van der Waals surface area contributed by atoms with E-state index in [1.807, 2.05) is 27.0 Å². The monoisotopic (exact) mass is 478 g/mol. The molecule has 5 rings (SSSR count). The van der Waals surface area contributed by atoms with Crippen LogP contribution in [0.2, 0.25) is 0 Å². The van der Waals surface area contributed by atoms with Gasteiger partial charge in [-0.1, -0.05) is 0 Å². The zero-order chi connectivity index (χ0) is 24.7. The SMILES string of the molecule is CCn1nccc1C(=O)N[C@H](C(=O)Nc1cnc(-c2c(C)c[nH]c2C)c(F)c1)C(C1CC1)C1CC1. The average Bonchev–Trinajstić information content (AvgIpc) is 3.76. The van der Waals surface area contributed by atoms with Gasteiger partial charge in [-0.15, -0.1) is 0 Å². The molecule has 0 saturated heterocycles. The van der Waals surface area contributed by atoms with Crippen LogP contribution in [0.4, 0.5) is 10.1 Å². The van der Waals surface area contributed by atoms with E-state index < -0.39 is 11.9 Å². The fraction of sp³-hybridized carbons (Fsp3) is 0.462. The maximum atomic E-state index is 15.0. The van der Waals surface area contributed by atoms with Crippen molar-refractivity contribution < 1.29 is 14.0 Å². The number of aryl methyl sites for hydroxylation is 3. The van der Waals surface area contributed by atoms with Crippen molar-refractivity contribution in [2.45, 2.75) is 59.0 Å². The van der Waals surface area contributed by atoms with Crippen molar-refractivity contribution in [3.63, 3.8) is 0 Å². The number of pyridine rings is 1. The van der Waals surface area contributed by atoms with Gasteiger partial charge in [-0.25, -0.2) is 4.39 Å². The van der Waals surface area contributed by atoms with Crippen molar-refractivity contribution >= 4 is 17.5 Å². The molecule has 3 aromatic heterocycles. The van der Waals surface area contributed by atoms with Gasteiger partial charge >= 0.3 is 0 Å². The predicted molar refractivity (Wildman–Crippen MR) is 130 cm³/mol. The summed E-state index contributed by atoms with van der Waals surface area (Å²) in [6, 6.07) is 2.24. The first kappa shape index (κ1) is 23.3. The Morgan fingerprint density at radius 2 is 1.94 bits per heavy atom. The Balaban J connectivity index is 1.38. The molecule has 3 aromatic rings. The fourth-order valence-corrected chi connectivity index (χ4v) is 5.15. The largest absolute Gasteiger partial charge is 0.364 e. The molecule has 0 bridgehead atoms. The highest BCUT2D eigenvalue weighted by atomic mass is 19.1. The number of rotatable bonds is 9. The summed E-state index contributed by atoms with van der Waals surface area (Å²) >= 11 is 0. The number of carbonyl (C=O) groups excluding carboxylic acids is 2. The number of aromatic nitrogens is 4. The number of hydrogen-bond acceptors (Lipinski definition) is 4. The molecule has 3 heterocycles. The van der Waals surface area contributed by atoms with Gasteiger partial charge in [0.25, 0.3) is 5.91 Å². The van der Waals surface area contributed by atoms with Crippen molar-refractivity contribution in [2.75, 3.05) is 5.32 Å². The normalized spacial score (nSPS) is 16.4. The van der Waals surface area contributed by atoms with Gasteiger partial charge in [0.1, 0.15) is 17.4 Å². The number of H-pyrrole nitrogens is 1. The van der Waals surface area contributed by atoms with Crippen molar-refractivity contribution in [2.24, 2.45) is 17.8 Å². The summed E-state index contributed by atoms with van der Waals surface area (Å²) in [5, 5.41) is 9.98. The molecule has 3 N–H and O–H groups in total. The highest BCUT2D eigenvalue weighted by Gasteiger charge is 2.48. The summed E-state index contributed by atoms with van der Waals surface area (Å²) in [6.07, 6.45) is 9.12. The molecule has 2 aliphatic rings. The van der Waals surface area contributed by atoms with E-state index in [4.69, 9.17) is 0 Å². The maximum absolute atomic E-state index is 15.0. The standard InChI is InChI=1S/C26H31FN6O2/c1-4-33-20(9-10-30-33)25(34)32-24(22(16-5-6-16)17-7-8-17)26(35)31-18-11-19(27)23(29-13-18)21-14(2)12-28-15(21)3/h9-13,16-17,22,24,28H,4-8H2,1-3H3,(H,31,35)(H,32,34)/t24-/m0/s1. The molecular formula is C26H31FN6O2. The van der Waals surface area contributed by atoms with E-state index in [2.05, 4.69) is 25.7 Å². The lowest BCUT2D eigenvalue weighted by atomic mass is 9.88. The van der Waals surface area contributed by atoms with Crippen LogP contribution in [0.25, 0.3) is 11.3 Å². The molecule has 2 aliphatic carbocycles. The first-order chi connectivity index (χ1) is 16.9. The van der Waals surface area contributed by atoms with E-state index in [1.165, 1.54) is 12.3 Å². The number of halogens is 1. The maximum Gasteiger partial charge on any atom is 0.270 e. The van der Waals surface area contributed by atoms with Gasteiger partial charge < -0.3 is 15.6 Å². The van der Waals surface area contributed by atoms with Gasteiger partial charge in [-0.2, -0.15) is 5.10 Å². The van der Waals surface area contributed by atoms with Crippen molar-refractivity contribution in [3.05, 3.63) is 53.5 Å². The van der Waals surface area contributed by atoms with Gasteiger partial charge in [0.05, 0.1) is 11.9 Å². The molecule has 0 radical (unpaired) electrons. The number of amides is 2. The Kier molecular flexibility index (Phi) is 6.17. The lowest BCUT2D eigenvalue weighted by Crippen LogP contribution is -2.50. The van der Waals surface area contributed by atoms with E-state index in [0.29, 0.717) is 24.1 Å². The third-order valence-electron chi connectivity index (χ3n) is 7.16. The number of aromatic amines is 1. The van der Waals surface area contributed by atoms with Crippen LogP contribution in [0.5, 0.6) is 0 Å². The lowest BCUT2D eigenvalue weighted by molar-refractivity contribution is -0.119. The van der Waals surface area contributed by atoms with Crippen LogP contribution in [0.1, 0.15) is 54.4 Å². The molecule has 2 amide bonds. The predicted octanol–water partition coefficient (Wildman–Crippen LogP) is 4.22. The second-order valence-electron chi connectivity index (χ2n) is 9.75. The second-order valence-corrected chi connectivity index (χ2v) is 9.75. The van der Waals surface area contributed by atoms with Crippen LogP contribution in [0.15, 0.2) is 30.7 Å². The Morgan fingerprint density at radius 3 is 2.51 bits per heavy atom. The third kappa shape index (κ3) is 4.72. The molecule has 0 aromatic carbocycles. The Morgan fingerprint density at radius 1 is 1.23 bits per heavy atom. The quantitative estimate of drug-likeness (QED) is 0.428. The molecule has 0 unspecified atom stereocenters. The molecular weight excluding hydrogens is 447 g/mol. The van der Waals surface area contributed by atoms with E-state index in [1.54, 1.807) is 16.9 Å². The lowest BCUT2D eigenvalue weighted by Gasteiger charge is -2.27. The average molecular weight is 479 g/mol. The minimum Gasteiger partial charge on any atom is -0.364 e. The molecule has 184 valence electrons. The molecule has 35 heavy (non-hydrogen) atoms. The molecule has 2 saturated carbocycles. The summed E-state index contributed by atoms with van der Waals surface area (Å²) < 4.78 is 16.6. The number of carbonyl (C=O) groups is 2. The number of hydrogen-bond donors (Lipinski definition) is 3. The van der Waals surface area contributed by atoms with Gasteiger partial charge in [0, 0.05) is 36.3 Å². The molecule has 9 heteroatoms. The number of nitrogens with zero attached hydrogens (tertiary/aromatic N) is 3. The third-order valence-corrected chi connectivity index (χ3v) is 7.16. The van der Waals surface area contributed by atoms with E-state index >= 15 is 4.39 Å². The summed E-state index contributed by atoms with van der Waals surface area (Å²) in [5.41, 5.74) is 3.38. The van der Waals surface area contributed by atoms with Crippen LogP contribution < -0.4 is 10.6 Å². The number of nitrogens with one attached hydrogen (secondary N) is 3. The van der Waals surface area contributed by atoms with E-state index in [9.17, 15) is 9.59 Å². The second kappa shape index (κ2) is 9.28. The van der Waals surface area contributed by atoms with Crippen molar-refractivity contribution in [3.8, 4) is 11.3 Å². The van der Waals surface area contributed by atoms with Gasteiger partial charge in [-0.3, -0.25) is 19.3 Å². The highest BCUT2D eigenvalue weighted by Crippen LogP contribution is 2.51. The first-order valence-corrected chi connectivity index (χ1v) is 12.3. The summed E-state index contributed by atoms with van der Waals surface area (Å²) in [7, 11) is 0. The van der Waals surface area contributed by atoms with E-state index in [-0.39, 0.29) is 29.1 Å². The Bertz CT molecular complexity index is 1230. The van der Waals surface area contributed by atoms with Crippen LogP contribution in [-0.2, 0) is 11.3 Å². The van der Waals surface area contributed by atoms with Crippen LogP contribution in [0.3, 0.4) is 0 Å². The Hall–Kier alpha value is -3.49. The summed E-state index contributed by atoms with van der Waals surface area (Å²) in [6.45, 7) is 6.22. The molecule has 0 spiro atoms. The summed E-state index contributed by atoms with van der Waals surface area (Å²) in [5.74, 6) is -0.263. The highest BCUT2D eigenvalue weighted by molar-refractivity contribution is 6.00. The fourth-order valence-electron chi connectivity index (χ4n) is 5.15. The van der Waals surface area contributed by atoms with Gasteiger partial charge in [0.15, 0.2) is 5.82 Å². The zero-order valence-electron chi connectivity index (χ0n) is 20.3. The molecule has 1 atom stereocenters. The first-order valence-electron chi connectivity index (χ1n) is 12.3. The van der Waals surface area contributed by atoms with Gasteiger partial charge in [0.2, 0.25) is 5.91 Å². The topological polar surface area (TPSA) is 105 Å². The number of anilines is 1. The zero-order valence-corrected chi connectivity index (χ0v) is 20.3. The summed E-state index contributed by atoms with van der Waals surface area (Å²) in [4.78, 5) is 34.0. The van der Waals surface area contributed by atoms with Crippen LogP contribution >= 0.6 is 0 Å².